The van der Waals surface area contributed by atoms with Crippen molar-refractivity contribution in [2.45, 2.75) is 57.2 Å². The van der Waals surface area contributed by atoms with Gasteiger partial charge in [-0.05, 0) is 43.3 Å². The lowest BCUT2D eigenvalue weighted by atomic mass is 9.95. The molecule has 3 atom stereocenters. The van der Waals surface area contributed by atoms with Crippen molar-refractivity contribution < 1.29 is 4.90 Å². The lowest BCUT2D eigenvalue weighted by molar-refractivity contribution is -0.918. The van der Waals surface area contributed by atoms with Crippen LogP contribution in [0.3, 0.4) is 0 Å². The average molecular weight is 345 g/mol. The Kier molecular flexibility index (Phi) is 5.04. The van der Waals surface area contributed by atoms with Gasteiger partial charge in [0.15, 0.2) is 5.11 Å². The van der Waals surface area contributed by atoms with Gasteiger partial charge in [0.05, 0.1) is 13.1 Å². The number of rotatable bonds is 4. The van der Waals surface area contributed by atoms with E-state index < -0.39 is 0 Å². The van der Waals surface area contributed by atoms with Crippen molar-refractivity contribution in [2.24, 2.45) is 11.8 Å². The molecule has 1 aliphatic heterocycles. The number of fused-ring (bicyclic) bond motifs is 2. The summed E-state index contributed by atoms with van der Waals surface area (Å²) in [5, 5.41) is 8.13. The molecule has 0 radical (unpaired) electrons. The molecule has 0 amide bonds. The van der Waals surface area contributed by atoms with E-state index in [1.54, 1.807) is 4.90 Å². The number of benzene rings is 1. The Bertz CT molecular complexity index is 553. The Balaban J connectivity index is 1.18. The zero-order valence-electron chi connectivity index (χ0n) is 14.5. The van der Waals surface area contributed by atoms with Crippen LogP contribution in [0.25, 0.3) is 0 Å². The van der Waals surface area contributed by atoms with E-state index in [2.05, 4.69) is 41.0 Å². The third kappa shape index (κ3) is 3.92. The highest BCUT2D eigenvalue weighted by Gasteiger charge is 2.39. The van der Waals surface area contributed by atoms with Crippen LogP contribution < -0.4 is 15.5 Å². The van der Waals surface area contributed by atoms with Crippen LogP contribution in [-0.4, -0.2) is 30.3 Å². The molecule has 3 N–H and O–H groups in total. The van der Waals surface area contributed by atoms with E-state index in [1.807, 2.05) is 0 Å². The van der Waals surface area contributed by atoms with Gasteiger partial charge in [0.2, 0.25) is 0 Å². The molecule has 1 saturated heterocycles. The molecule has 2 bridgehead atoms. The molecule has 1 aromatic rings. The summed E-state index contributed by atoms with van der Waals surface area (Å²) in [7, 11) is 0. The molecule has 3 nitrogen and oxygen atoms in total. The van der Waals surface area contributed by atoms with E-state index >= 15 is 0 Å². The lowest BCUT2D eigenvalue weighted by Crippen LogP contribution is -3.12. The first-order chi connectivity index (χ1) is 11.8. The van der Waals surface area contributed by atoms with Crippen molar-refractivity contribution >= 4 is 17.3 Å². The molecule has 0 spiro atoms. The van der Waals surface area contributed by atoms with E-state index in [9.17, 15) is 0 Å². The number of likely N-dealkylation sites (tertiary alicyclic amines) is 1. The lowest BCUT2D eigenvalue weighted by Gasteiger charge is -2.32. The molecule has 4 heteroatoms. The quantitative estimate of drug-likeness (QED) is 0.729. The first-order valence-corrected chi connectivity index (χ1v) is 10.1. The second kappa shape index (κ2) is 7.40. The highest BCUT2D eigenvalue weighted by molar-refractivity contribution is 7.80. The van der Waals surface area contributed by atoms with Crippen molar-refractivity contribution in [3.63, 3.8) is 0 Å². The summed E-state index contributed by atoms with van der Waals surface area (Å²) < 4.78 is 0. The highest BCUT2D eigenvalue weighted by atomic mass is 32.1. The molecule has 4 rings (SSSR count). The molecular weight excluding hydrogens is 314 g/mol. The first kappa shape index (κ1) is 16.3. The Morgan fingerprint density at radius 1 is 1.00 bits per heavy atom. The summed E-state index contributed by atoms with van der Waals surface area (Å²) in [5.74, 6) is 1.85. The Morgan fingerprint density at radius 2 is 1.79 bits per heavy atom. The van der Waals surface area contributed by atoms with Crippen LogP contribution in [0.2, 0.25) is 0 Å². The van der Waals surface area contributed by atoms with Crippen LogP contribution in [-0.2, 0) is 6.54 Å². The van der Waals surface area contributed by atoms with Gasteiger partial charge in [-0.1, -0.05) is 36.8 Å². The minimum Gasteiger partial charge on any atom is -0.360 e. The van der Waals surface area contributed by atoms with E-state index in [0.29, 0.717) is 12.1 Å². The minimum atomic E-state index is 0.558. The summed E-state index contributed by atoms with van der Waals surface area (Å²) in [5.41, 5.74) is 1.45. The Hall–Kier alpha value is -1.13. The molecule has 24 heavy (non-hydrogen) atoms. The third-order valence-corrected chi connectivity index (χ3v) is 6.62. The largest absolute Gasteiger partial charge is 0.360 e. The van der Waals surface area contributed by atoms with Gasteiger partial charge in [0, 0.05) is 30.5 Å². The maximum absolute atomic E-state index is 5.59. The molecular formula is C20H30N3S+. The number of quaternary nitrogens is 1. The van der Waals surface area contributed by atoms with Gasteiger partial charge in [-0.2, -0.15) is 0 Å². The number of thiocarbonyl (C=S) groups is 1. The fraction of sp³-hybridized carbons (Fsp3) is 0.650. The fourth-order valence-electron chi connectivity index (χ4n) is 5.05. The number of nitrogens with one attached hydrogen (secondary N) is 3. The summed E-state index contributed by atoms with van der Waals surface area (Å²) >= 11 is 5.59. The second-order valence-electron chi connectivity index (χ2n) is 8.09. The maximum Gasteiger partial charge on any atom is 0.166 e. The normalized spacial score (nSPS) is 34.9. The molecule has 0 unspecified atom stereocenters. The van der Waals surface area contributed by atoms with Gasteiger partial charge in [0.1, 0.15) is 6.54 Å². The highest BCUT2D eigenvalue weighted by Crippen LogP contribution is 2.44. The van der Waals surface area contributed by atoms with Gasteiger partial charge in [-0.3, -0.25) is 0 Å². The molecule has 1 aromatic carbocycles. The topological polar surface area (TPSA) is 28.5 Å². The zero-order chi connectivity index (χ0) is 16.4. The summed E-state index contributed by atoms with van der Waals surface area (Å²) in [6.45, 7) is 3.63. The van der Waals surface area contributed by atoms with Crippen molar-refractivity contribution in [3.8, 4) is 0 Å². The van der Waals surface area contributed by atoms with Crippen LogP contribution in [0.5, 0.6) is 0 Å². The molecule has 1 heterocycles. The number of hydrogen-bond donors (Lipinski definition) is 3. The van der Waals surface area contributed by atoms with Gasteiger partial charge in [-0.15, -0.1) is 0 Å². The predicted molar refractivity (Wildman–Crippen MR) is 102 cm³/mol. The van der Waals surface area contributed by atoms with Gasteiger partial charge >= 0.3 is 0 Å². The fourth-order valence-corrected chi connectivity index (χ4v) is 5.37. The van der Waals surface area contributed by atoms with Gasteiger partial charge in [0.25, 0.3) is 0 Å². The number of hydrogen-bond acceptors (Lipinski definition) is 1. The van der Waals surface area contributed by atoms with Crippen molar-refractivity contribution in [3.05, 3.63) is 35.9 Å². The number of piperidine rings is 1. The molecule has 2 saturated carbocycles. The summed E-state index contributed by atoms with van der Waals surface area (Å²) in [4.78, 5) is 1.70. The van der Waals surface area contributed by atoms with Gasteiger partial charge < -0.3 is 15.5 Å². The van der Waals surface area contributed by atoms with Crippen LogP contribution >= 0.6 is 12.2 Å². The monoisotopic (exact) mass is 344 g/mol. The van der Waals surface area contributed by atoms with Gasteiger partial charge in [-0.25, -0.2) is 0 Å². The van der Waals surface area contributed by atoms with Crippen LogP contribution in [0.15, 0.2) is 30.3 Å². The predicted octanol–water partition coefficient (Wildman–Crippen LogP) is 1.89. The Labute approximate surface area is 151 Å². The summed E-state index contributed by atoms with van der Waals surface area (Å²) in [6, 6.07) is 12.1. The SMILES string of the molecule is S=C(NC1CC[NH+](Cc2ccccc2)CC1)N[C@H]1C[C@H]2CC[C@@H]1C2. The first-order valence-electron chi connectivity index (χ1n) is 9.71. The van der Waals surface area contributed by atoms with Crippen LogP contribution in [0.4, 0.5) is 0 Å². The van der Waals surface area contributed by atoms with Crippen LogP contribution in [0, 0.1) is 11.8 Å². The second-order valence-corrected chi connectivity index (χ2v) is 8.49. The van der Waals surface area contributed by atoms with Crippen molar-refractivity contribution in [1.82, 2.24) is 10.6 Å². The van der Waals surface area contributed by atoms with E-state index in [0.717, 1.165) is 23.5 Å². The molecule has 0 aromatic heterocycles. The van der Waals surface area contributed by atoms with E-state index in [1.165, 1.54) is 57.2 Å². The smallest absolute Gasteiger partial charge is 0.166 e. The van der Waals surface area contributed by atoms with Crippen molar-refractivity contribution in [1.29, 1.82) is 0 Å². The summed E-state index contributed by atoms with van der Waals surface area (Å²) in [6.07, 6.45) is 8.08. The third-order valence-electron chi connectivity index (χ3n) is 6.38. The van der Waals surface area contributed by atoms with Crippen LogP contribution in [0.1, 0.15) is 44.1 Å². The maximum atomic E-state index is 5.59. The standard InChI is InChI=1S/C20H29N3S/c24-20(22-19-13-16-6-7-17(19)12-16)21-18-8-10-23(11-9-18)14-15-4-2-1-3-5-15/h1-5,16-19H,6-14H2,(H2,21,22,24)/p+1/t16-,17+,19-/m0/s1. The Morgan fingerprint density at radius 3 is 2.46 bits per heavy atom. The zero-order valence-corrected chi connectivity index (χ0v) is 15.3. The molecule has 2 aliphatic carbocycles. The van der Waals surface area contributed by atoms with E-state index in [-0.39, 0.29) is 0 Å². The molecule has 3 aliphatic rings. The molecule has 130 valence electrons. The minimum absolute atomic E-state index is 0.558. The average Bonchev–Trinajstić information content (AvgIpc) is 3.20. The van der Waals surface area contributed by atoms with Crippen molar-refractivity contribution in [2.75, 3.05) is 13.1 Å². The van der Waals surface area contributed by atoms with E-state index in [4.69, 9.17) is 12.2 Å². The molecule has 3 fully saturated rings.